The minimum atomic E-state index is 0. The molecule has 0 aliphatic carbocycles. The lowest BCUT2D eigenvalue weighted by atomic mass is 10.2. The third-order valence-electron chi connectivity index (χ3n) is 2.47. The first kappa shape index (κ1) is 17.1. The molecule has 2 aromatic rings. The van der Waals surface area contributed by atoms with Gasteiger partial charge in [-0.25, -0.2) is 9.97 Å². The monoisotopic (exact) mass is 328 g/mol. The largest absolute Gasteiger partial charge is 0.384 e. The summed E-state index contributed by atoms with van der Waals surface area (Å²) in [5.41, 5.74) is 8.08. The molecule has 0 spiro atoms. The third kappa shape index (κ3) is 5.19. The second kappa shape index (κ2) is 8.34. The average Bonchev–Trinajstić information content (AvgIpc) is 2.38. The third-order valence-corrected chi connectivity index (χ3v) is 3.95. The van der Waals surface area contributed by atoms with Crippen molar-refractivity contribution in [2.75, 3.05) is 17.7 Å². The Balaban J connectivity index is 0.00000200. The van der Waals surface area contributed by atoms with Crippen LogP contribution in [0, 0.1) is 6.92 Å². The Labute approximate surface area is 133 Å². The number of halogens is 1. The molecule has 2 N–H and O–H groups in total. The fourth-order valence-corrected chi connectivity index (χ4v) is 2.87. The molecule has 4 nitrogen and oxygen atoms in total. The van der Waals surface area contributed by atoms with E-state index in [0.717, 1.165) is 28.0 Å². The van der Waals surface area contributed by atoms with Gasteiger partial charge in [-0.3, -0.25) is 4.98 Å². The Kier molecular flexibility index (Phi) is 7.12. The van der Waals surface area contributed by atoms with E-state index < -0.39 is 0 Å². The number of pyridine rings is 1. The Morgan fingerprint density at radius 3 is 2.75 bits per heavy atom. The van der Waals surface area contributed by atoms with Crippen LogP contribution in [0.2, 0.25) is 0 Å². The highest BCUT2D eigenvalue weighted by atomic mass is 35.5. The van der Waals surface area contributed by atoms with E-state index in [-0.39, 0.29) is 12.4 Å². The summed E-state index contributed by atoms with van der Waals surface area (Å²) in [6.45, 7) is 2.07. The number of aryl methyl sites for hydroxylation is 2. The zero-order valence-corrected chi connectivity index (χ0v) is 13.8. The Hall–Kier alpha value is -0.980. The van der Waals surface area contributed by atoms with Gasteiger partial charge in [0.05, 0.1) is 0 Å². The molecule has 0 aliphatic rings. The molecule has 7 heteroatoms. The first-order valence-electron chi connectivity index (χ1n) is 5.90. The Bertz CT molecular complexity index is 566. The van der Waals surface area contributed by atoms with E-state index >= 15 is 0 Å². The van der Waals surface area contributed by atoms with Gasteiger partial charge in [0.1, 0.15) is 10.8 Å². The van der Waals surface area contributed by atoms with Crippen molar-refractivity contribution >= 4 is 41.7 Å². The van der Waals surface area contributed by atoms with Crippen LogP contribution in [0.5, 0.6) is 0 Å². The Morgan fingerprint density at radius 1 is 1.25 bits per heavy atom. The van der Waals surface area contributed by atoms with Crippen LogP contribution in [0.25, 0.3) is 0 Å². The van der Waals surface area contributed by atoms with E-state index in [1.165, 1.54) is 5.56 Å². The van der Waals surface area contributed by atoms with Gasteiger partial charge in [-0.1, -0.05) is 11.8 Å². The summed E-state index contributed by atoms with van der Waals surface area (Å²) < 4.78 is 0. The van der Waals surface area contributed by atoms with Crippen molar-refractivity contribution in [3.8, 4) is 0 Å². The highest BCUT2D eigenvalue weighted by molar-refractivity contribution is 7.99. The van der Waals surface area contributed by atoms with E-state index in [0.29, 0.717) is 5.82 Å². The summed E-state index contributed by atoms with van der Waals surface area (Å²) in [6.07, 6.45) is 4.73. The van der Waals surface area contributed by atoms with Crippen molar-refractivity contribution in [1.29, 1.82) is 0 Å². The van der Waals surface area contributed by atoms with Crippen LogP contribution in [0.3, 0.4) is 0 Å². The quantitative estimate of drug-likeness (QED) is 0.516. The zero-order chi connectivity index (χ0) is 13.7. The maximum atomic E-state index is 5.75. The number of hydrogen-bond acceptors (Lipinski definition) is 6. The molecule has 0 amide bonds. The molecule has 0 saturated carbocycles. The maximum Gasteiger partial charge on any atom is 0.190 e. The summed E-state index contributed by atoms with van der Waals surface area (Å²) >= 11 is 3.18. The van der Waals surface area contributed by atoms with Crippen LogP contribution in [-0.4, -0.2) is 27.0 Å². The van der Waals surface area contributed by atoms with E-state index in [9.17, 15) is 0 Å². The molecule has 0 radical (unpaired) electrons. The van der Waals surface area contributed by atoms with Gasteiger partial charge >= 0.3 is 0 Å². The smallest absolute Gasteiger partial charge is 0.190 e. The molecule has 2 rings (SSSR count). The standard InChI is InChI=1S/C13H16N4S2.ClH/c1-9-3-5-15-10(7-9)4-6-19-13-16-11(14)8-12(17-13)18-2;/h3,5,7-8H,4,6H2,1-2H3,(H2,14,16,17);1H. The number of hydrogen-bond donors (Lipinski definition) is 1. The number of nitrogens with two attached hydrogens (primary N) is 1. The van der Waals surface area contributed by atoms with E-state index in [1.54, 1.807) is 29.6 Å². The fourth-order valence-electron chi connectivity index (χ4n) is 1.57. The van der Waals surface area contributed by atoms with Gasteiger partial charge in [-0.05, 0) is 37.3 Å². The molecule has 0 fully saturated rings. The molecular formula is C13H17ClN4S2. The van der Waals surface area contributed by atoms with Crippen LogP contribution in [0.1, 0.15) is 11.3 Å². The molecule has 108 valence electrons. The summed E-state index contributed by atoms with van der Waals surface area (Å²) in [7, 11) is 0. The predicted molar refractivity (Wildman–Crippen MR) is 88.9 cm³/mol. The molecule has 0 atom stereocenters. The zero-order valence-electron chi connectivity index (χ0n) is 11.4. The van der Waals surface area contributed by atoms with Crippen molar-refractivity contribution in [2.45, 2.75) is 23.5 Å². The molecule has 0 aliphatic heterocycles. The number of nitrogens with zero attached hydrogens (tertiary/aromatic N) is 3. The maximum absolute atomic E-state index is 5.75. The van der Waals surface area contributed by atoms with Gasteiger partial charge in [0, 0.05) is 23.7 Å². The normalized spacial score (nSPS) is 10.1. The summed E-state index contributed by atoms with van der Waals surface area (Å²) in [4.78, 5) is 13.0. The second-order valence-corrected chi connectivity index (χ2v) is 5.93. The minimum Gasteiger partial charge on any atom is -0.384 e. The van der Waals surface area contributed by atoms with Crippen molar-refractivity contribution in [1.82, 2.24) is 15.0 Å². The van der Waals surface area contributed by atoms with Crippen LogP contribution in [-0.2, 0) is 6.42 Å². The topological polar surface area (TPSA) is 64.7 Å². The number of rotatable bonds is 5. The van der Waals surface area contributed by atoms with Crippen LogP contribution in [0.15, 0.2) is 34.6 Å². The van der Waals surface area contributed by atoms with Gasteiger partial charge in [0.15, 0.2) is 5.16 Å². The highest BCUT2D eigenvalue weighted by Crippen LogP contribution is 2.20. The van der Waals surface area contributed by atoms with E-state index in [2.05, 4.69) is 27.9 Å². The van der Waals surface area contributed by atoms with Crippen LogP contribution >= 0.6 is 35.9 Å². The van der Waals surface area contributed by atoms with Crippen molar-refractivity contribution < 1.29 is 0 Å². The molecule has 0 unspecified atom stereocenters. The van der Waals surface area contributed by atoms with Crippen molar-refractivity contribution in [3.05, 3.63) is 35.7 Å². The summed E-state index contributed by atoms with van der Waals surface area (Å²) in [5, 5.41) is 1.64. The highest BCUT2D eigenvalue weighted by Gasteiger charge is 2.03. The van der Waals surface area contributed by atoms with Crippen LogP contribution in [0.4, 0.5) is 5.82 Å². The lowest BCUT2D eigenvalue weighted by Crippen LogP contribution is -1.98. The molecule has 2 heterocycles. The second-order valence-electron chi connectivity index (χ2n) is 4.04. The number of aromatic nitrogens is 3. The van der Waals surface area contributed by atoms with Gasteiger partial charge in [-0.2, -0.15) is 0 Å². The predicted octanol–water partition coefficient (Wildman–Crippen LogP) is 3.24. The average molecular weight is 329 g/mol. The molecular weight excluding hydrogens is 312 g/mol. The molecule has 0 bridgehead atoms. The summed E-state index contributed by atoms with van der Waals surface area (Å²) in [6, 6.07) is 5.90. The lowest BCUT2D eigenvalue weighted by molar-refractivity contribution is 0.898. The molecule has 0 saturated heterocycles. The number of thioether (sulfide) groups is 2. The number of nitrogen functional groups attached to an aromatic ring is 1. The van der Waals surface area contributed by atoms with Gasteiger partial charge in [0.2, 0.25) is 0 Å². The van der Waals surface area contributed by atoms with Gasteiger partial charge < -0.3 is 5.73 Å². The molecule has 0 aromatic carbocycles. The minimum absolute atomic E-state index is 0. The van der Waals surface area contributed by atoms with Crippen molar-refractivity contribution in [3.63, 3.8) is 0 Å². The molecule has 20 heavy (non-hydrogen) atoms. The van der Waals surface area contributed by atoms with Gasteiger partial charge in [-0.15, -0.1) is 24.2 Å². The van der Waals surface area contributed by atoms with Crippen molar-refractivity contribution in [2.24, 2.45) is 0 Å². The molecule has 2 aromatic heterocycles. The fraction of sp³-hybridized carbons (Fsp3) is 0.308. The SMILES string of the molecule is CSc1cc(N)nc(SCCc2cc(C)ccn2)n1.Cl. The Morgan fingerprint density at radius 2 is 2.05 bits per heavy atom. The van der Waals surface area contributed by atoms with Gasteiger partial charge in [0.25, 0.3) is 0 Å². The lowest BCUT2D eigenvalue weighted by Gasteiger charge is -2.04. The summed E-state index contributed by atoms with van der Waals surface area (Å²) in [5.74, 6) is 1.42. The number of anilines is 1. The van der Waals surface area contributed by atoms with E-state index in [4.69, 9.17) is 5.73 Å². The first-order valence-corrected chi connectivity index (χ1v) is 8.11. The van der Waals surface area contributed by atoms with Crippen LogP contribution < -0.4 is 5.73 Å². The van der Waals surface area contributed by atoms with E-state index in [1.807, 2.05) is 18.5 Å². The first-order chi connectivity index (χ1) is 9.17.